The molecule has 2 aromatic rings. The lowest BCUT2D eigenvalue weighted by Crippen LogP contribution is -1.98. The summed E-state index contributed by atoms with van der Waals surface area (Å²) in [4.78, 5) is 1.38. The highest BCUT2D eigenvalue weighted by atomic mass is 79.9. The maximum Gasteiger partial charge on any atom is 0.261 e. The molecule has 0 amide bonds. The summed E-state index contributed by atoms with van der Waals surface area (Å²) in [7, 11) is 0. The van der Waals surface area contributed by atoms with Crippen molar-refractivity contribution in [3.05, 3.63) is 28.7 Å². The molecule has 2 N–H and O–H groups in total. The van der Waals surface area contributed by atoms with Gasteiger partial charge < -0.3 is 5.73 Å². The maximum absolute atomic E-state index is 5.33. The van der Waals surface area contributed by atoms with E-state index in [1.165, 1.54) is 4.80 Å². The van der Waals surface area contributed by atoms with Gasteiger partial charge in [-0.25, -0.2) is 0 Å². The van der Waals surface area contributed by atoms with Gasteiger partial charge in [-0.05, 0) is 29.5 Å². The highest BCUT2D eigenvalue weighted by molar-refractivity contribution is 9.10. The quantitative estimate of drug-likeness (QED) is 0.807. The molecule has 5 nitrogen and oxygen atoms in total. The van der Waals surface area contributed by atoms with E-state index in [1.54, 1.807) is 0 Å². The Labute approximate surface area is 82.7 Å². The first-order chi connectivity index (χ1) is 6.25. The second-order valence-corrected chi connectivity index (χ2v) is 3.33. The van der Waals surface area contributed by atoms with Crippen LogP contribution in [0.3, 0.4) is 0 Å². The summed E-state index contributed by atoms with van der Waals surface area (Å²) in [6.45, 7) is 0. The number of rotatable bonds is 1. The SMILES string of the molecule is Nc1nnn(-c2ccc(Br)cc2)n1. The summed E-state index contributed by atoms with van der Waals surface area (Å²) in [5, 5.41) is 11.2. The maximum atomic E-state index is 5.33. The molecule has 1 aromatic heterocycles. The van der Waals surface area contributed by atoms with E-state index in [1.807, 2.05) is 24.3 Å². The number of anilines is 1. The van der Waals surface area contributed by atoms with Gasteiger partial charge in [0.1, 0.15) is 0 Å². The average molecular weight is 240 g/mol. The number of nitrogens with zero attached hydrogens (tertiary/aromatic N) is 4. The zero-order valence-corrected chi connectivity index (χ0v) is 8.14. The minimum atomic E-state index is 0.169. The first-order valence-corrected chi connectivity index (χ1v) is 4.36. The Morgan fingerprint density at radius 3 is 2.46 bits per heavy atom. The van der Waals surface area contributed by atoms with Crippen LogP contribution in [0.15, 0.2) is 28.7 Å². The Balaban J connectivity index is 2.41. The van der Waals surface area contributed by atoms with Crippen LogP contribution in [0.4, 0.5) is 5.95 Å². The fourth-order valence-corrected chi connectivity index (χ4v) is 1.17. The second kappa shape index (κ2) is 3.14. The highest BCUT2D eigenvalue weighted by Crippen LogP contribution is 2.12. The van der Waals surface area contributed by atoms with Crippen LogP contribution in [-0.2, 0) is 0 Å². The Morgan fingerprint density at radius 1 is 1.23 bits per heavy atom. The van der Waals surface area contributed by atoms with Crippen molar-refractivity contribution >= 4 is 21.9 Å². The first kappa shape index (κ1) is 8.18. The molecule has 6 heteroatoms. The molecule has 0 radical (unpaired) electrons. The molecule has 0 spiro atoms. The van der Waals surface area contributed by atoms with Gasteiger partial charge in [-0.1, -0.05) is 21.0 Å². The van der Waals surface area contributed by atoms with Crippen LogP contribution in [0.5, 0.6) is 0 Å². The van der Waals surface area contributed by atoms with Gasteiger partial charge in [0.05, 0.1) is 5.69 Å². The van der Waals surface area contributed by atoms with Gasteiger partial charge >= 0.3 is 0 Å². The van der Waals surface area contributed by atoms with Crippen LogP contribution >= 0.6 is 15.9 Å². The number of nitrogen functional groups attached to an aromatic ring is 1. The van der Waals surface area contributed by atoms with E-state index in [2.05, 4.69) is 31.3 Å². The lowest BCUT2D eigenvalue weighted by Gasteiger charge is -1.96. The average Bonchev–Trinajstić information content (AvgIpc) is 2.53. The van der Waals surface area contributed by atoms with Crippen LogP contribution in [-0.4, -0.2) is 20.2 Å². The molecule has 0 fully saturated rings. The fourth-order valence-electron chi connectivity index (χ4n) is 0.909. The normalized spacial score (nSPS) is 10.2. The van der Waals surface area contributed by atoms with Gasteiger partial charge in [-0.3, -0.25) is 0 Å². The molecule has 0 unspecified atom stereocenters. The van der Waals surface area contributed by atoms with E-state index in [0.29, 0.717) is 0 Å². The predicted octanol–water partition coefficient (Wildman–Crippen LogP) is 1.01. The van der Waals surface area contributed by atoms with Crippen molar-refractivity contribution in [3.63, 3.8) is 0 Å². The number of halogens is 1. The second-order valence-electron chi connectivity index (χ2n) is 2.41. The van der Waals surface area contributed by atoms with Gasteiger partial charge in [-0.15, -0.1) is 9.90 Å². The van der Waals surface area contributed by atoms with Gasteiger partial charge in [0.25, 0.3) is 5.95 Å². The Morgan fingerprint density at radius 2 is 1.92 bits per heavy atom. The van der Waals surface area contributed by atoms with Crippen LogP contribution in [0, 0.1) is 0 Å². The summed E-state index contributed by atoms with van der Waals surface area (Å²) >= 11 is 3.33. The van der Waals surface area contributed by atoms with Crippen LogP contribution < -0.4 is 5.73 Å². The Bertz CT molecular complexity index is 407. The van der Waals surface area contributed by atoms with Crippen LogP contribution in [0.1, 0.15) is 0 Å². The fraction of sp³-hybridized carbons (Fsp3) is 0. The summed E-state index contributed by atoms with van der Waals surface area (Å²) in [5.41, 5.74) is 6.16. The van der Waals surface area contributed by atoms with Crippen molar-refractivity contribution in [3.8, 4) is 5.69 Å². The molecule has 0 aliphatic heterocycles. The van der Waals surface area contributed by atoms with Crippen molar-refractivity contribution in [1.82, 2.24) is 20.2 Å². The summed E-state index contributed by atoms with van der Waals surface area (Å²) < 4.78 is 1.00. The Kier molecular flexibility index (Phi) is 1.97. The first-order valence-electron chi connectivity index (χ1n) is 3.57. The molecule has 1 heterocycles. The molecule has 66 valence electrons. The minimum Gasteiger partial charge on any atom is -0.365 e. The van der Waals surface area contributed by atoms with Gasteiger partial charge in [0.2, 0.25) is 0 Å². The predicted molar refractivity (Wildman–Crippen MR) is 51.3 cm³/mol. The van der Waals surface area contributed by atoms with E-state index in [0.717, 1.165) is 10.2 Å². The van der Waals surface area contributed by atoms with Gasteiger partial charge in [0, 0.05) is 4.47 Å². The molecular formula is C7H6BrN5. The van der Waals surface area contributed by atoms with Crippen LogP contribution in [0.2, 0.25) is 0 Å². The summed E-state index contributed by atoms with van der Waals surface area (Å²) in [5.74, 6) is 0.169. The molecule has 0 bridgehead atoms. The van der Waals surface area contributed by atoms with E-state index < -0.39 is 0 Å². The zero-order valence-electron chi connectivity index (χ0n) is 6.55. The molecule has 2 rings (SSSR count). The van der Waals surface area contributed by atoms with Crippen molar-refractivity contribution in [1.29, 1.82) is 0 Å². The number of hydrogen-bond acceptors (Lipinski definition) is 4. The number of aromatic nitrogens is 4. The summed E-state index contributed by atoms with van der Waals surface area (Å²) in [6, 6.07) is 7.53. The standard InChI is InChI=1S/C7H6BrN5/c8-5-1-3-6(4-2-5)13-11-7(9)10-12-13/h1-4H,(H2,9,11). The molecular weight excluding hydrogens is 234 g/mol. The molecule has 0 aliphatic rings. The zero-order chi connectivity index (χ0) is 9.26. The monoisotopic (exact) mass is 239 g/mol. The smallest absolute Gasteiger partial charge is 0.261 e. The lowest BCUT2D eigenvalue weighted by molar-refractivity contribution is 0.720. The number of nitrogens with two attached hydrogens (primary N) is 1. The van der Waals surface area contributed by atoms with Crippen molar-refractivity contribution in [2.75, 3.05) is 5.73 Å². The molecule has 0 atom stereocenters. The number of benzene rings is 1. The number of hydrogen-bond donors (Lipinski definition) is 1. The van der Waals surface area contributed by atoms with Gasteiger partial charge in [-0.2, -0.15) is 0 Å². The molecule has 0 saturated heterocycles. The van der Waals surface area contributed by atoms with E-state index in [-0.39, 0.29) is 5.95 Å². The van der Waals surface area contributed by atoms with Crippen molar-refractivity contribution in [2.24, 2.45) is 0 Å². The largest absolute Gasteiger partial charge is 0.365 e. The van der Waals surface area contributed by atoms with Crippen molar-refractivity contribution in [2.45, 2.75) is 0 Å². The van der Waals surface area contributed by atoms with Gasteiger partial charge in [0.15, 0.2) is 0 Å². The van der Waals surface area contributed by atoms with Crippen LogP contribution in [0.25, 0.3) is 5.69 Å². The highest BCUT2D eigenvalue weighted by Gasteiger charge is 1.99. The summed E-state index contributed by atoms with van der Waals surface area (Å²) in [6.07, 6.45) is 0. The molecule has 13 heavy (non-hydrogen) atoms. The minimum absolute atomic E-state index is 0.169. The van der Waals surface area contributed by atoms with Crippen molar-refractivity contribution < 1.29 is 0 Å². The number of tetrazole rings is 1. The third kappa shape index (κ3) is 1.67. The topological polar surface area (TPSA) is 69.6 Å². The third-order valence-electron chi connectivity index (χ3n) is 1.49. The third-order valence-corrected chi connectivity index (χ3v) is 2.02. The molecule has 0 saturated carbocycles. The Hall–Kier alpha value is -1.43. The molecule has 0 aliphatic carbocycles. The van der Waals surface area contributed by atoms with E-state index in [9.17, 15) is 0 Å². The molecule has 1 aromatic carbocycles. The lowest BCUT2D eigenvalue weighted by atomic mass is 10.3. The van der Waals surface area contributed by atoms with E-state index in [4.69, 9.17) is 5.73 Å². The van der Waals surface area contributed by atoms with E-state index >= 15 is 0 Å².